The summed E-state index contributed by atoms with van der Waals surface area (Å²) in [5.74, 6) is 2.02. The van der Waals surface area contributed by atoms with Crippen molar-refractivity contribution in [3.63, 3.8) is 0 Å². The summed E-state index contributed by atoms with van der Waals surface area (Å²) in [6.45, 7) is 4.21. The average Bonchev–Trinajstić information content (AvgIpc) is 3.10. The van der Waals surface area contributed by atoms with Gasteiger partial charge in [0.2, 0.25) is 0 Å². The van der Waals surface area contributed by atoms with Crippen molar-refractivity contribution in [2.75, 3.05) is 0 Å². The van der Waals surface area contributed by atoms with Gasteiger partial charge in [-0.15, -0.1) is 11.6 Å². The van der Waals surface area contributed by atoms with Crippen LogP contribution in [-0.4, -0.2) is 5.16 Å². The molecule has 1 aliphatic carbocycles. The van der Waals surface area contributed by atoms with Crippen LogP contribution in [0.5, 0.6) is 0 Å². The Balaban J connectivity index is 2.16. The van der Waals surface area contributed by atoms with Crippen LogP contribution in [-0.2, 0) is 5.88 Å². The van der Waals surface area contributed by atoms with Gasteiger partial charge in [-0.05, 0) is 37.8 Å². The number of aromatic nitrogens is 1. The molecule has 1 fully saturated rings. The third-order valence-corrected chi connectivity index (χ3v) is 3.89. The van der Waals surface area contributed by atoms with Gasteiger partial charge >= 0.3 is 0 Å². The summed E-state index contributed by atoms with van der Waals surface area (Å²) in [4.78, 5) is 0. The van der Waals surface area contributed by atoms with E-state index < -0.39 is 0 Å². The van der Waals surface area contributed by atoms with Gasteiger partial charge < -0.3 is 4.52 Å². The number of rotatable bonds is 3. The molecule has 1 aromatic heterocycles. The summed E-state index contributed by atoms with van der Waals surface area (Å²) in [5, 5.41) is 4.28. The lowest BCUT2D eigenvalue weighted by molar-refractivity contribution is 0.385. The van der Waals surface area contributed by atoms with Crippen molar-refractivity contribution in [1.29, 1.82) is 0 Å². The lowest BCUT2D eigenvalue weighted by Crippen LogP contribution is -1.92. The number of hydrogen-bond acceptors (Lipinski definition) is 2. The molecule has 0 saturated heterocycles. The molecule has 0 bridgehead atoms. The first kappa shape index (κ1) is 11.8. The number of benzene rings is 1. The highest BCUT2D eigenvalue weighted by Crippen LogP contribution is 2.45. The summed E-state index contributed by atoms with van der Waals surface area (Å²) in [6, 6.07) is 6.27. The summed E-state index contributed by atoms with van der Waals surface area (Å²) >= 11 is 6.11. The van der Waals surface area contributed by atoms with Crippen LogP contribution in [0.25, 0.3) is 11.3 Å². The molecule has 0 atom stereocenters. The molecule has 94 valence electrons. The Morgan fingerprint density at radius 1 is 1.28 bits per heavy atom. The second-order valence-electron chi connectivity index (χ2n) is 5.05. The Morgan fingerprint density at radius 2 is 1.94 bits per heavy atom. The Kier molecular flexibility index (Phi) is 2.90. The molecule has 0 spiro atoms. The van der Waals surface area contributed by atoms with Gasteiger partial charge in [0.05, 0.1) is 5.88 Å². The minimum atomic E-state index is 0.471. The fourth-order valence-corrected chi connectivity index (χ4v) is 2.76. The maximum Gasteiger partial charge on any atom is 0.144 e. The van der Waals surface area contributed by atoms with Gasteiger partial charge in [-0.2, -0.15) is 0 Å². The van der Waals surface area contributed by atoms with E-state index in [-0.39, 0.29) is 0 Å². The highest BCUT2D eigenvalue weighted by molar-refractivity contribution is 6.17. The number of alkyl halides is 1. The normalized spacial score (nSPS) is 15.1. The first-order chi connectivity index (χ1) is 8.72. The fourth-order valence-electron chi connectivity index (χ4n) is 2.50. The van der Waals surface area contributed by atoms with Crippen LogP contribution < -0.4 is 0 Å². The molecule has 1 aromatic carbocycles. The smallest absolute Gasteiger partial charge is 0.144 e. The van der Waals surface area contributed by atoms with Gasteiger partial charge in [0, 0.05) is 17.0 Å². The maximum atomic E-state index is 6.11. The van der Waals surface area contributed by atoms with Crippen LogP contribution in [0.2, 0.25) is 0 Å². The molecule has 0 radical (unpaired) electrons. The summed E-state index contributed by atoms with van der Waals surface area (Å²) in [6.07, 6.45) is 2.40. The van der Waals surface area contributed by atoms with E-state index >= 15 is 0 Å². The van der Waals surface area contributed by atoms with Gasteiger partial charge in [0.15, 0.2) is 0 Å². The number of nitrogens with zero attached hydrogens (tertiary/aromatic N) is 1. The first-order valence-electron chi connectivity index (χ1n) is 6.33. The second-order valence-corrected chi connectivity index (χ2v) is 5.32. The zero-order chi connectivity index (χ0) is 12.7. The van der Waals surface area contributed by atoms with E-state index in [1.807, 2.05) is 0 Å². The van der Waals surface area contributed by atoms with Gasteiger partial charge in [0.1, 0.15) is 11.5 Å². The molecule has 0 amide bonds. The fraction of sp³-hybridized carbons (Fsp3) is 0.400. The minimum Gasteiger partial charge on any atom is -0.360 e. The van der Waals surface area contributed by atoms with Gasteiger partial charge in [-0.25, -0.2) is 0 Å². The molecule has 0 unspecified atom stereocenters. The molecule has 1 saturated carbocycles. The summed E-state index contributed by atoms with van der Waals surface area (Å²) < 4.78 is 5.54. The van der Waals surface area contributed by atoms with Gasteiger partial charge in [0.25, 0.3) is 0 Å². The number of hydrogen-bond donors (Lipinski definition) is 0. The molecular weight excluding hydrogens is 246 g/mol. The van der Waals surface area contributed by atoms with Gasteiger partial charge in [-0.1, -0.05) is 23.4 Å². The van der Waals surface area contributed by atoms with Crippen molar-refractivity contribution in [2.45, 2.75) is 38.5 Å². The lowest BCUT2D eigenvalue weighted by Gasteiger charge is -2.07. The minimum absolute atomic E-state index is 0.471. The van der Waals surface area contributed by atoms with Crippen molar-refractivity contribution in [3.05, 3.63) is 40.6 Å². The van der Waals surface area contributed by atoms with Crippen molar-refractivity contribution >= 4 is 11.6 Å². The highest BCUT2D eigenvalue weighted by atomic mass is 35.5. The van der Waals surface area contributed by atoms with Crippen molar-refractivity contribution < 1.29 is 4.52 Å². The molecular formula is C15H16ClNO. The van der Waals surface area contributed by atoms with Crippen molar-refractivity contribution in [1.82, 2.24) is 5.16 Å². The van der Waals surface area contributed by atoms with Crippen LogP contribution in [0.15, 0.2) is 22.7 Å². The number of halogens is 1. The number of aryl methyl sites for hydroxylation is 2. The monoisotopic (exact) mass is 261 g/mol. The highest BCUT2D eigenvalue weighted by Gasteiger charge is 2.32. The zero-order valence-electron chi connectivity index (χ0n) is 10.7. The third kappa shape index (κ3) is 1.85. The molecule has 3 heteroatoms. The molecule has 18 heavy (non-hydrogen) atoms. The van der Waals surface area contributed by atoms with E-state index in [1.54, 1.807) is 0 Å². The van der Waals surface area contributed by atoms with E-state index in [9.17, 15) is 0 Å². The van der Waals surface area contributed by atoms with E-state index in [4.69, 9.17) is 16.1 Å². The van der Waals surface area contributed by atoms with Crippen molar-refractivity contribution in [3.8, 4) is 11.3 Å². The summed E-state index contributed by atoms with van der Waals surface area (Å²) in [5.41, 5.74) is 5.62. The van der Waals surface area contributed by atoms with Crippen molar-refractivity contribution in [2.24, 2.45) is 0 Å². The average molecular weight is 262 g/mol. The molecule has 0 N–H and O–H groups in total. The van der Waals surface area contributed by atoms with Crippen LogP contribution in [0.4, 0.5) is 0 Å². The molecule has 3 rings (SSSR count). The van der Waals surface area contributed by atoms with E-state index in [0.717, 1.165) is 17.0 Å². The Hall–Kier alpha value is -1.28. The van der Waals surface area contributed by atoms with E-state index in [2.05, 4.69) is 37.2 Å². The molecule has 1 heterocycles. The zero-order valence-corrected chi connectivity index (χ0v) is 11.4. The standard InChI is InChI=1S/C15H16ClNO/c1-9-4-3-5-10(2)13(9)14-12(8-16)15(18-17-14)11-6-7-11/h3-5,11H,6-8H2,1-2H3. The second kappa shape index (κ2) is 4.43. The Bertz CT molecular complexity index is 564. The maximum absolute atomic E-state index is 6.11. The first-order valence-corrected chi connectivity index (χ1v) is 6.86. The van der Waals surface area contributed by atoms with E-state index in [0.29, 0.717) is 11.8 Å². The predicted molar refractivity (Wildman–Crippen MR) is 72.9 cm³/mol. The van der Waals surface area contributed by atoms with Crippen LogP contribution in [0.1, 0.15) is 41.2 Å². The molecule has 2 nitrogen and oxygen atoms in total. The SMILES string of the molecule is Cc1cccc(C)c1-c1noc(C2CC2)c1CCl. The Morgan fingerprint density at radius 3 is 2.50 bits per heavy atom. The quantitative estimate of drug-likeness (QED) is 0.756. The molecule has 0 aliphatic heterocycles. The predicted octanol–water partition coefficient (Wildman–Crippen LogP) is 4.57. The van der Waals surface area contributed by atoms with Crippen LogP contribution in [0.3, 0.4) is 0 Å². The lowest BCUT2D eigenvalue weighted by atomic mass is 9.97. The largest absolute Gasteiger partial charge is 0.360 e. The van der Waals surface area contributed by atoms with Gasteiger partial charge in [-0.3, -0.25) is 0 Å². The third-order valence-electron chi connectivity index (χ3n) is 3.62. The topological polar surface area (TPSA) is 26.0 Å². The Labute approximate surface area is 112 Å². The summed E-state index contributed by atoms with van der Waals surface area (Å²) in [7, 11) is 0. The van der Waals surface area contributed by atoms with Crippen LogP contribution >= 0.6 is 11.6 Å². The molecule has 2 aromatic rings. The van der Waals surface area contributed by atoms with E-state index in [1.165, 1.54) is 29.5 Å². The molecule has 1 aliphatic rings. The van der Waals surface area contributed by atoms with Crippen LogP contribution in [0, 0.1) is 13.8 Å².